The van der Waals surface area contributed by atoms with Crippen molar-refractivity contribution >= 4 is 17.3 Å². The molecule has 20 heavy (non-hydrogen) atoms. The van der Waals surface area contributed by atoms with Crippen molar-refractivity contribution < 1.29 is 4.79 Å². The highest BCUT2D eigenvalue weighted by molar-refractivity contribution is 6.00. The Labute approximate surface area is 120 Å². The smallest absolute Gasteiger partial charge is 0.253 e. The Hall–Kier alpha value is -1.75. The van der Waals surface area contributed by atoms with Crippen molar-refractivity contribution in [3.05, 3.63) is 23.8 Å². The zero-order valence-corrected chi connectivity index (χ0v) is 12.3. The number of nitrogens with zero attached hydrogens (tertiary/aromatic N) is 1. The molecule has 1 saturated heterocycles. The average molecular weight is 276 g/mol. The average Bonchev–Trinajstić information content (AvgIpc) is 2.42. The van der Waals surface area contributed by atoms with Gasteiger partial charge >= 0.3 is 0 Å². The third-order valence-electron chi connectivity index (χ3n) is 3.70. The molecule has 1 amide bonds. The lowest BCUT2D eigenvalue weighted by Gasteiger charge is -2.30. The highest BCUT2D eigenvalue weighted by Crippen LogP contribution is 2.22. The van der Waals surface area contributed by atoms with Crippen LogP contribution in [-0.2, 0) is 0 Å². The largest absolute Gasteiger partial charge is 0.399 e. The van der Waals surface area contributed by atoms with Crippen LogP contribution >= 0.6 is 0 Å². The van der Waals surface area contributed by atoms with Crippen LogP contribution in [0, 0.1) is 0 Å². The van der Waals surface area contributed by atoms with E-state index in [1.54, 1.807) is 12.1 Å². The van der Waals surface area contributed by atoms with Gasteiger partial charge in [0, 0.05) is 24.0 Å². The molecule has 0 saturated carbocycles. The number of nitrogen functional groups attached to an aromatic ring is 1. The normalized spacial score (nSPS) is 16.9. The fourth-order valence-electron chi connectivity index (χ4n) is 2.51. The lowest BCUT2D eigenvalue weighted by Crippen LogP contribution is -2.37. The molecule has 1 heterocycles. The van der Waals surface area contributed by atoms with Crippen molar-refractivity contribution in [2.24, 2.45) is 0 Å². The van der Waals surface area contributed by atoms with Crippen molar-refractivity contribution in [1.29, 1.82) is 0 Å². The summed E-state index contributed by atoms with van der Waals surface area (Å²) in [6.07, 6.45) is 2.17. The SMILES string of the molecule is CCNC(=O)c1ccc(N)cc1NC1CCN(C)CC1. The third kappa shape index (κ3) is 3.63. The number of benzene rings is 1. The molecule has 0 bridgehead atoms. The summed E-state index contributed by atoms with van der Waals surface area (Å²) in [5.74, 6) is -0.0528. The van der Waals surface area contributed by atoms with E-state index in [4.69, 9.17) is 5.73 Å². The van der Waals surface area contributed by atoms with Gasteiger partial charge < -0.3 is 21.3 Å². The summed E-state index contributed by atoms with van der Waals surface area (Å²) in [5, 5.41) is 6.32. The molecule has 0 radical (unpaired) electrons. The van der Waals surface area contributed by atoms with E-state index in [1.165, 1.54) is 0 Å². The number of likely N-dealkylation sites (tertiary alicyclic amines) is 1. The van der Waals surface area contributed by atoms with Gasteiger partial charge in [-0.25, -0.2) is 0 Å². The molecule has 0 unspecified atom stereocenters. The van der Waals surface area contributed by atoms with E-state index in [1.807, 2.05) is 13.0 Å². The van der Waals surface area contributed by atoms with Crippen molar-refractivity contribution in [2.45, 2.75) is 25.8 Å². The Morgan fingerprint density at radius 2 is 2.10 bits per heavy atom. The number of nitrogens with two attached hydrogens (primary N) is 1. The van der Waals surface area contributed by atoms with Gasteiger partial charge in [-0.2, -0.15) is 0 Å². The highest BCUT2D eigenvalue weighted by atomic mass is 16.1. The molecule has 0 atom stereocenters. The first kappa shape index (κ1) is 14.7. The zero-order valence-electron chi connectivity index (χ0n) is 12.3. The summed E-state index contributed by atoms with van der Waals surface area (Å²) in [6.45, 7) is 4.70. The number of carbonyl (C=O) groups excluding carboxylic acids is 1. The minimum Gasteiger partial charge on any atom is -0.399 e. The van der Waals surface area contributed by atoms with Gasteiger partial charge in [-0.15, -0.1) is 0 Å². The summed E-state index contributed by atoms with van der Waals surface area (Å²) >= 11 is 0. The van der Waals surface area contributed by atoms with Gasteiger partial charge in [0.05, 0.1) is 5.56 Å². The summed E-state index contributed by atoms with van der Waals surface area (Å²) in [5.41, 5.74) is 8.03. The Kier molecular flexibility index (Phi) is 4.84. The molecule has 110 valence electrons. The second-order valence-corrected chi connectivity index (χ2v) is 5.39. The van der Waals surface area contributed by atoms with Crippen LogP contribution in [0.5, 0.6) is 0 Å². The van der Waals surface area contributed by atoms with Gasteiger partial charge in [0.2, 0.25) is 0 Å². The molecule has 1 fully saturated rings. The second kappa shape index (κ2) is 6.61. The van der Waals surface area contributed by atoms with E-state index in [9.17, 15) is 4.79 Å². The summed E-state index contributed by atoms with van der Waals surface area (Å²) in [6, 6.07) is 5.81. The zero-order chi connectivity index (χ0) is 14.5. The molecule has 1 aromatic carbocycles. The van der Waals surface area contributed by atoms with Crippen LogP contribution < -0.4 is 16.4 Å². The minimum atomic E-state index is -0.0528. The number of amides is 1. The molecule has 0 spiro atoms. The maximum atomic E-state index is 12.1. The molecular formula is C15H24N4O. The summed E-state index contributed by atoms with van der Waals surface area (Å²) in [4.78, 5) is 14.4. The fraction of sp³-hybridized carbons (Fsp3) is 0.533. The fourth-order valence-corrected chi connectivity index (χ4v) is 2.51. The van der Waals surface area contributed by atoms with E-state index < -0.39 is 0 Å². The number of nitrogens with one attached hydrogen (secondary N) is 2. The van der Waals surface area contributed by atoms with Crippen LogP contribution in [0.15, 0.2) is 18.2 Å². The predicted octanol–water partition coefficient (Wildman–Crippen LogP) is 1.52. The second-order valence-electron chi connectivity index (χ2n) is 5.39. The van der Waals surface area contributed by atoms with E-state index in [-0.39, 0.29) is 5.91 Å². The third-order valence-corrected chi connectivity index (χ3v) is 3.70. The van der Waals surface area contributed by atoms with Gasteiger partial charge in [-0.1, -0.05) is 0 Å². The van der Waals surface area contributed by atoms with Crippen LogP contribution in [0.4, 0.5) is 11.4 Å². The first-order valence-corrected chi connectivity index (χ1v) is 7.23. The number of hydrogen-bond acceptors (Lipinski definition) is 4. The van der Waals surface area contributed by atoms with E-state index >= 15 is 0 Å². The number of piperidine rings is 1. The van der Waals surface area contributed by atoms with Crippen LogP contribution in [0.25, 0.3) is 0 Å². The monoisotopic (exact) mass is 276 g/mol. The Balaban J connectivity index is 2.12. The van der Waals surface area contributed by atoms with Crippen LogP contribution in [0.3, 0.4) is 0 Å². The number of rotatable bonds is 4. The van der Waals surface area contributed by atoms with E-state index in [2.05, 4.69) is 22.6 Å². The molecule has 1 aliphatic heterocycles. The Bertz CT molecular complexity index is 467. The molecule has 5 heteroatoms. The highest BCUT2D eigenvalue weighted by Gasteiger charge is 2.19. The molecule has 4 N–H and O–H groups in total. The van der Waals surface area contributed by atoms with Crippen LogP contribution in [-0.4, -0.2) is 43.5 Å². The van der Waals surface area contributed by atoms with Gasteiger partial charge in [0.25, 0.3) is 5.91 Å². The Morgan fingerprint density at radius 3 is 2.75 bits per heavy atom. The van der Waals surface area contributed by atoms with E-state index in [0.29, 0.717) is 23.8 Å². The topological polar surface area (TPSA) is 70.4 Å². The van der Waals surface area contributed by atoms with Gasteiger partial charge in [-0.3, -0.25) is 4.79 Å². The number of hydrogen-bond donors (Lipinski definition) is 3. The quantitative estimate of drug-likeness (QED) is 0.729. The minimum absolute atomic E-state index is 0.0528. The van der Waals surface area contributed by atoms with Gasteiger partial charge in [0.15, 0.2) is 0 Å². The van der Waals surface area contributed by atoms with Gasteiger partial charge in [-0.05, 0) is 58.1 Å². The molecular weight excluding hydrogens is 252 g/mol. The maximum Gasteiger partial charge on any atom is 0.253 e. The first-order chi connectivity index (χ1) is 9.60. The molecule has 1 aliphatic rings. The first-order valence-electron chi connectivity index (χ1n) is 7.23. The van der Waals surface area contributed by atoms with Crippen molar-refractivity contribution in [3.63, 3.8) is 0 Å². The molecule has 2 rings (SSSR count). The van der Waals surface area contributed by atoms with Crippen molar-refractivity contribution in [3.8, 4) is 0 Å². The summed E-state index contributed by atoms with van der Waals surface area (Å²) < 4.78 is 0. The lowest BCUT2D eigenvalue weighted by molar-refractivity contribution is 0.0956. The van der Waals surface area contributed by atoms with E-state index in [0.717, 1.165) is 31.6 Å². The molecule has 0 aliphatic carbocycles. The van der Waals surface area contributed by atoms with Crippen molar-refractivity contribution in [1.82, 2.24) is 10.2 Å². The number of anilines is 2. The molecule has 0 aromatic heterocycles. The maximum absolute atomic E-state index is 12.1. The lowest BCUT2D eigenvalue weighted by atomic mass is 10.0. The van der Waals surface area contributed by atoms with Gasteiger partial charge in [0.1, 0.15) is 0 Å². The van der Waals surface area contributed by atoms with Crippen LogP contribution in [0.1, 0.15) is 30.1 Å². The standard InChI is InChI=1S/C15H24N4O/c1-3-17-15(20)13-5-4-11(16)10-14(13)18-12-6-8-19(2)9-7-12/h4-5,10,12,18H,3,6-9,16H2,1-2H3,(H,17,20). The molecule has 5 nitrogen and oxygen atoms in total. The Morgan fingerprint density at radius 1 is 1.40 bits per heavy atom. The number of carbonyl (C=O) groups is 1. The van der Waals surface area contributed by atoms with Crippen LogP contribution in [0.2, 0.25) is 0 Å². The predicted molar refractivity (Wildman–Crippen MR) is 83.0 cm³/mol. The summed E-state index contributed by atoms with van der Waals surface area (Å²) in [7, 11) is 2.14. The molecule has 1 aromatic rings. The van der Waals surface area contributed by atoms with Crippen molar-refractivity contribution in [2.75, 3.05) is 37.7 Å².